The average Bonchev–Trinajstić information content (AvgIpc) is 2.86. The lowest BCUT2D eigenvalue weighted by Gasteiger charge is -2.12. The van der Waals surface area contributed by atoms with Crippen LogP contribution in [0.5, 0.6) is 0 Å². The van der Waals surface area contributed by atoms with Crippen molar-refractivity contribution in [1.29, 1.82) is 0 Å². The van der Waals surface area contributed by atoms with Crippen LogP contribution in [-0.4, -0.2) is 41.0 Å². The molecular formula is C14H15ClN4O2. The van der Waals surface area contributed by atoms with Crippen molar-refractivity contribution in [2.75, 3.05) is 19.4 Å². The van der Waals surface area contributed by atoms with E-state index in [1.165, 1.54) is 11.1 Å². The van der Waals surface area contributed by atoms with Crippen LogP contribution < -0.4 is 5.32 Å². The molecule has 0 saturated carbocycles. The number of H-pyrrole nitrogens is 1. The number of amides is 2. The van der Waals surface area contributed by atoms with Crippen LogP contribution in [0.25, 0.3) is 0 Å². The minimum absolute atomic E-state index is 0.165. The average molecular weight is 307 g/mol. The Labute approximate surface area is 127 Å². The molecule has 6 nitrogen and oxygen atoms in total. The number of hydrogen-bond acceptors (Lipinski definition) is 3. The summed E-state index contributed by atoms with van der Waals surface area (Å²) < 4.78 is 0. The molecule has 0 bridgehead atoms. The van der Waals surface area contributed by atoms with Gasteiger partial charge in [-0.15, -0.1) is 0 Å². The van der Waals surface area contributed by atoms with Crippen molar-refractivity contribution in [3.05, 3.63) is 46.2 Å². The molecule has 1 aromatic heterocycles. The van der Waals surface area contributed by atoms with E-state index >= 15 is 0 Å². The number of aryl methyl sites for hydroxylation is 1. The quantitative estimate of drug-likeness (QED) is 0.913. The molecule has 0 spiro atoms. The zero-order valence-electron chi connectivity index (χ0n) is 11.9. The van der Waals surface area contributed by atoms with Crippen LogP contribution in [0.4, 0.5) is 5.69 Å². The number of anilines is 1. The maximum Gasteiger partial charge on any atom is 0.259 e. The standard InChI is InChI=1S/C14H15ClN4O2/c1-8-10(7-16-18-8)13(20)17-12-6-9(4-5-11(12)15)14(21)19(2)3/h4-7H,1-3H3,(H,16,18)(H,17,20). The third-order valence-electron chi connectivity index (χ3n) is 2.94. The second kappa shape index (κ2) is 5.97. The molecular weight excluding hydrogens is 292 g/mol. The van der Waals surface area contributed by atoms with Gasteiger partial charge in [-0.05, 0) is 25.1 Å². The summed E-state index contributed by atoms with van der Waals surface area (Å²) in [4.78, 5) is 25.5. The predicted octanol–water partition coefficient (Wildman–Crippen LogP) is 2.33. The highest BCUT2D eigenvalue weighted by Gasteiger charge is 2.15. The normalized spacial score (nSPS) is 10.3. The van der Waals surface area contributed by atoms with E-state index in [0.29, 0.717) is 27.5 Å². The number of carbonyl (C=O) groups excluding carboxylic acids is 2. The first kappa shape index (κ1) is 15.1. The first-order valence-corrected chi connectivity index (χ1v) is 6.60. The van der Waals surface area contributed by atoms with E-state index in [1.54, 1.807) is 39.2 Å². The summed E-state index contributed by atoms with van der Waals surface area (Å²) in [7, 11) is 3.31. The van der Waals surface area contributed by atoms with Crippen LogP contribution >= 0.6 is 11.6 Å². The summed E-state index contributed by atoms with van der Waals surface area (Å²) in [5.74, 6) is -0.501. The van der Waals surface area contributed by atoms with Gasteiger partial charge in [-0.2, -0.15) is 5.10 Å². The maximum absolute atomic E-state index is 12.1. The topological polar surface area (TPSA) is 78.1 Å². The summed E-state index contributed by atoms with van der Waals surface area (Å²) >= 11 is 6.06. The zero-order valence-corrected chi connectivity index (χ0v) is 12.7. The second-order valence-electron chi connectivity index (χ2n) is 4.76. The minimum atomic E-state index is -0.336. The van der Waals surface area contributed by atoms with Crippen molar-refractivity contribution in [3.63, 3.8) is 0 Å². The molecule has 0 aliphatic heterocycles. The van der Waals surface area contributed by atoms with Crippen molar-refractivity contribution in [2.24, 2.45) is 0 Å². The smallest absolute Gasteiger partial charge is 0.259 e. The molecule has 0 radical (unpaired) electrons. The van der Waals surface area contributed by atoms with E-state index in [1.807, 2.05) is 0 Å². The molecule has 2 N–H and O–H groups in total. The fourth-order valence-corrected chi connectivity index (χ4v) is 1.95. The van der Waals surface area contributed by atoms with Crippen LogP contribution in [0.15, 0.2) is 24.4 Å². The molecule has 110 valence electrons. The highest BCUT2D eigenvalue weighted by Crippen LogP contribution is 2.24. The van der Waals surface area contributed by atoms with Crippen molar-refractivity contribution >= 4 is 29.1 Å². The van der Waals surface area contributed by atoms with Crippen molar-refractivity contribution in [2.45, 2.75) is 6.92 Å². The number of nitrogens with one attached hydrogen (secondary N) is 2. The van der Waals surface area contributed by atoms with E-state index in [0.717, 1.165) is 0 Å². The SMILES string of the molecule is Cc1[nH]ncc1C(=O)Nc1cc(C(=O)N(C)C)ccc1Cl. The Kier molecular flexibility index (Phi) is 4.28. The van der Waals surface area contributed by atoms with Gasteiger partial charge in [-0.3, -0.25) is 14.7 Å². The number of carbonyl (C=O) groups is 2. The Morgan fingerprint density at radius 2 is 2.05 bits per heavy atom. The first-order valence-electron chi connectivity index (χ1n) is 6.22. The highest BCUT2D eigenvalue weighted by molar-refractivity contribution is 6.34. The summed E-state index contributed by atoms with van der Waals surface area (Å²) in [6.07, 6.45) is 1.44. The van der Waals surface area contributed by atoms with Gasteiger partial charge in [0.25, 0.3) is 11.8 Å². The number of aromatic amines is 1. The zero-order chi connectivity index (χ0) is 15.6. The molecule has 2 amide bonds. The summed E-state index contributed by atoms with van der Waals surface area (Å²) in [5.41, 5.74) is 1.91. The molecule has 2 aromatic rings. The van der Waals surface area contributed by atoms with Gasteiger partial charge in [0.2, 0.25) is 0 Å². The van der Waals surface area contributed by atoms with E-state index in [-0.39, 0.29) is 11.8 Å². The number of hydrogen-bond donors (Lipinski definition) is 2. The van der Waals surface area contributed by atoms with Crippen molar-refractivity contribution in [1.82, 2.24) is 15.1 Å². The maximum atomic E-state index is 12.1. The Morgan fingerprint density at radius 1 is 1.33 bits per heavy atom. The first-order chi connectivity index (χ1) is 9.90. The fourth-order valence-electron chi connectivity index (χ4n) is 1.78. The van der Waals surface area contributed by atoms with Crippen molar-refractivity contribution < 1.29 is 9.59 Å². The van der Waals surface area contributed by atoms with Gasteiger partial charge < -0.3 is 10.2 Å². The molecule has 7 heteroatoms. The molecule has 1 heterocycles. The van der Waals surface area contributed by atoms with E-state index in [4.69, 9.17) is 11.6 Å². The van der Waals surface area contributed by atoms with Crippen LogP contribution in [0.3, 0.4) is 0 Å². The number of aromatic nitrogens is 2. The third-order valence-corrected chi connectivity index (χ3v) is 3.27. The Hall–Kier alpha value is -2.34. The van der Waals surface area contributed by atoms with Crippen LogP contribution in [-0.2, 0) is 0 Å². The number of benzene rings is 1. The molecule has 21 heavy (non-hydrogen) atoms. The van der Waals surface area contributed by atoms with Crippen LogP contribution in [0.1, 0.15) is 26.4 Å². The number of halogens is 1. The molecule has 0 aliphatic carbocycles. The van der Waals surface area contributed by atoms with E-state index < -0.39 is 0 Å². The van der Waals surface area contributed by atoms with Gasteiger partial charge in [-0.25, -0.2) is 0 Å². The van der Waals surface area contributed by atoms with Crippen LogP contribution in [0, 0.1) is 6.92 Å². The molecule has 0 aliphatic rings. The third kappa shape index (κ3) is 3.22. The lowest BCUT2D eigenvalue weighted by atomic mass is 10.1. The predicted molar refractivity (Wildman–Crippen MR) is 80.7 cm³/mol. The Bertz CT molecular complexity index is 694. The lowest BCUT2D eigenvalue weighted by Crippen LogP contribution is -2.22. The van der Waals surface area contributed by atoms with E-state index in [9.17, 15) is 9.59 Å². The van der Waals surface area contributed by atoms with Gasteiger partial charge in [0.05, 0.1) is 22.5 Å². The van der Waals surface area contributed by atoms with Gasteiger partial charge in [0.1, 0.15) is 0 Å². The monoisotopic (exact) mass is 306 g/mol. The Balaban J connectivity index is 2.28. The minimum Gasteiger partial charge on any atom is -0.345 e. The van der Waals surface area contributed by atoms with Gasteiger partial charge >= 0.3 is 0 Å². The molecule has 0 saturated heterocycles. The largest absolute Gasteiger partial charge is 0.345 e. The summed E-state index contributed by atoms with van der Waals surface area (Å²) in [6.45, 7) is 1.75. The lowest BCUT2D eigenvalue weighted by molar-refractivity contribution is 0.0827. The van der Waals surface area contributed by atoms with Gasteiger partial charge in [-0.1, -0.05) is 11.6 Å². The van der Waals surface area contributed by atoms with Gasteiger partial charge in [0.15, 0.2) is 0 Å². The summed E-state index contributed by atoms with van der Waals surface area (Å²) in [5, 5.41) is 9.53. The molecule has 0 atom stereocenters. The fraction of sp³-hybridized carbons (Fsp3) is 0.214. The highest BCUT2D eigenvalue weighted by atomic mass is 35.5. The summed E-state index contributed by atoms with van der Waals surface area (Å²) in [6, 6.07) is 4.75. The second-order valence-corrected chi connectivity index (χ2v) is 5.16. The van der Waals surface area contributed by atoms with E-state index in [2.05, 4.69) is 15.5 Å². The molecule has 1 aromatic carbocycles. The van der Waals surface area contributed by atoms with Gasteiger partial charge in [0, 0.05) is 25.4 Å². The molecule has 2 rings (SSSR count). The molecule has 0 unspecified atom stereocenters. The van der Waals surface area contributed by atoms with Crippen LogP contribution in [0.2, 0.25) is 5.02 Å². The molecule has 0 fully saturated rings. The number of rotatable bonds is 3. The number of nitrogens with zero attached hydrogens (tertiary/aromatic N) is 2. The van der Waals surface area contributed by atoms with Crippen molar-refractivity contribution in [3.8, 4) is 0 Å². The Morgan fingerprint density at radius 3 is 2.62 bits per heavy atom.